The molecule has 0 atom stereocenters. The fourth-order valence-corrected chi connectivity index (χ4v) is 5.44. The molecule has 0 aliphatic heterocycles. The first kappa shape index (κ1) is 24.0. The number of amides is 1. The van der Waals surface area contributed by atoms with Crippen molar-refractivity contribution in [1.29, 1.82) is 0 Å². The fraction of sp³-hybridized carbons (Fsp3) is 0.280. The summed E-state index contributed by atoms with van der Waals surface area (Å²) in [6, 6.07) is 12.8. The van der Waals surface area contributed by atoms with Gasteiger partial charge in [0.05, 0.1) is 4.90 Å². The summed E-state index contributed by atoms with van der Waals surface area (Å²) in [4.78, 5) is 16.2. The Labute approximate surface area is 197 Å². The molecule has 178 valence electrons. The van der Waals surface area contributed by atoms with E-state index in [1.54, 1.807) is 36.7 Å². The lowest BCUT2D eigenvalue weighted by atomic mass is 9.86. The monoisotopic (exact) mass is 485 g/mol. The Bertz CT molecular complexity index is 1240. The number of halogens is 2. The van der Waals surface area contributed by atoms with Crippen LogP contribution in [0.2, 0.25) is 0 Å². The Balaban J connectivity index is 1.31. The predicted molar refractivity (Wildman–Crippen MR) is 124 cm³/mol. The number of sulfonamides is 1. The number of rotatable bonds is 7. The lowest BCUT2D eigenvalue weighted by molar-refractivity contribution is -0.126. The molecule has 1 saturated carbocycles. The molecule has 0 saturated heterocycles. The van der Waals surface area contributed by atoms with Crippen LogP contribution in [-0.4, -0.2) is 25.4 Å². The van der Waals surface area contributed by atoms with E-state index >= 15 is 0 Å². The molecule has 4 rings (SSSR count). The summed E-state index contributed by atoms with van der Waals surface area (Å²) in [5, 5.41) is 2.86. The molecule has 2 N–H and O–H groups in total. The molecule has 1 fully saturated rings. The highest BCUT2D eigenvalue weighted by Crippen LogP contribution is 2.28. The van der Waals surface area contributed by atoms with Gasteiger partial charge >= 0.3 is 0 Å². The molecule has 34 heavy (non-hydrogen) atoms. The predicted octanol–water partition coefficient (Wildman–Crippen LogP) is 4.18. The molecule has 1 aliphatic rings. The van der Waals surface area contributed by atoms with Crippen molar-refractivity contribution in [1.82, 2.24) is 15.0 Å². The van der Waals surface area contributed by atoms with Gasteiger partial charge in [-0.3, -0.25) is 9.78 Å². The van der Waals surface area contributed by atoms with Crippen LogP contribution < -0.4 is 10.0 Å². The minimum atomic E-state index is -3.90. The van der Waals surface area contributed by atoms with Crippen molar-refractivity contribution in [3.05, 3.63) is 84.2 Å². The SMILES string of the molecule is O=C(NCc1ccc(F)cc1)C1CCC(NS(=O)(=O)c2ccc(-c3ccncc3)c(F)c2)CC1. The highest BCUT2D eigenvalue weighted by molar-refractivity contribution is 7.89. The molecular weight excluding hydrogens is 460 g/mol. The zero-order chi connectivity index (χ0) is 24.1. The summed E-state index contributed by atoms with van der Waals surface area (Å²) in [7, 11) is -3.90. The van der Waals surface area contributed by atoms with Crippen LogP contribution in [0.25, 0.3) is 11.1 Å². The van der Waals surface area contributed by atoms with Crippen molar-refractivity contribution in [2.75, 3.05) is 0 Å². The second kappa shape index (κ2) is 10.4. The molecular formula is C25H25F2N3O3S. The molecule has 9 heteroatoms. The third-order valence-electron chi connectivity index (χ3n) is 6.04. The Kier molecular flexibility index (Phi) is 7.33. The number of carbonyl (C=O) groups excluding carboxylic acids is 1. The smallest absolute Gasteiger partial charge is 0.240 e. The zero-order valence-electron chi connectivity index (χ0n) is 18.4. The quantitative estimate of drug-likeness (QED) is 0.526. The molecule has 6 nitrogen and oxygen atoms in total. The maximum atomic E-state index is 14.6. The number of hydrogen-bond donors (Lipinski definition) is 2. The number of nitrogens with zero attached hydrogens (tertiary/aromatic N) is 1. The number of nitrogens with one attached hydrogen (secondary N) is 2. The minimum absolute atomic E-state index is 0.0978. The van der Waals surface area contributed by atoms with Gasteiger partial charge in [-0.1, -0.05) is 18.2 Å². The summed E-state index contributed by atoms with van der Waals surface area (Å²) in [6.07, 6.45) is 5.17. The van der Waals surface area contributed by atoms with Crippen molar-refractivity contribution in [2.24, 2.45) is 5.92 Å². The third-order valence-corrected chi connectivity index (χ3v) is 7.56. The van der Waals surface area contributed by atoms with Crippen LogP contribution in [0.3, 0.4) is 0 Å². The van der Waals surface area contributed by atoms with E-state index in [-0.39, 0.29) is 28.6 Å². The second-order valence-electron chi connectivity index (χ2n) is 8.39. The summed E-state index contributed by atoms with van der Waals surface area (Å²) < 4.78 is 55.9. The van der Waals surface area contributed by atoms with E-state index in [1.807, 2.05) is 0 Å². The lowest BCUT2D eigenvalue weighted by Gasteiger charge is -2.28. The maximum Gasteiger partial charge on any atom is 0.240 e. The number of benzene rings is 2. The van der Waals surface area contributed by atoms with Crippen molar-refractivity contribution in [3.8, 4) is 11.1 Å². The van der Waals surface area contributed by atoms with Gasteiger partial charge in [0.25, 0.3) is 0 Å². The van der Waals surface area contributed by atoms with Crippen LogP contribution >= 0.6 is 0 Å². The number of pyridine rings is 1. The highest BCUT2D eigenvalue weighted by atomic mass is 32.2. The van der Waals surface area contributed by atoms with Gasteiger partial charge < -0.3 is 5.32 Å². The number of hydrogen-bond acceptors (Lipinski definition) is 4. The van der Waals surface area contributed by atoms with E-state index < -0.39 is 15.8 Å². The van der Waals surface area contributed by atoms with E-state index in [2.05, 4.69) is 15.0 Å². The van der Waals surface area contributed by atoms with Crippen LogP contribution in [0.15, 0.2) is 71.9 Å². The topological polar surface area (TPSA) is 88.2 Å². The molecule has 2 aromatic carbocycles. The molecule has 0 spiro atoms. The molecule has 1 amide bonds. The zero-order valence-corrected chi connectivity index (χ0v) is 19.2. The molecule has 1 aromatic heterocycles. The van der Waals surface area contributed by atoms with Gasteiger partial charge in [-0.15, -0.1) is 0 Å². The van der Waals surface area contributed by atoms with Crippen LogP contribution in [-0.2, 0) is 21.4 Å². The summed E-state index contributed by atoms with van der Waals surface area (Å²) >= 11 is 0. The van der Waals surface area contributed by atoms with Crippen LogP contribution in [0, 0.1) is 17.6 Å². The van der Waals surface area contributed by atoms with Gasteiger partial charge in [0, 0.05) is 36.5 Å². The Morgan fingerprint density at radius 2 is 1.62 bits per heavy atom. The first-order chi connectivity index (χ1) is 16.3. The summed E-state index contributed by atoms with van der Waals surface area (Å²) in [6.45, 7) is 0.312. The van der Waals surface area contributed by atoms with Crippen molar-refractivity contribution in [3.63, 3.8) is 0 Å². The van der Waals surface area contributed by atoms with E-state index in [0.29, 0.717) is 43.4 Å². The highest BCUT2D eigenvalue weighted by Gasteiger charge is 2.29. The molecule has 0 bridgehead atoms. The maximum absolute atomic E-state index is 14.6. The lowest BCUT2D eigenvalue weighted by Crippen LogP contribution is -2.40. The average molecular weight is 486 g/mol. The van der Waals surface area contributed by atoms with Crippen LogP contribution in [0.5, 0.6) is 0 Å². The molecule has 1 aliphatic carbocycles. The van der Waals surface area contributed by atoms with Gasteiger partial charge in [-0.25, -0.2) is 21.9 Å². The normalized spacial score (nSPS) is 18.4. The van der Waals surface area contributed by atoms with Crippen molar-refractivity contribution in [2.45, 2.75) is 43.2 Å². The number of aromatic nitrogens is 1. The molecule has 1 heterocycles. The van der Waals surface area contributed by atoms with Crippen molar-refractivity contribution < 1.29 is 22.0 Å². The van der Waals surface area contributed by atoms with Gasteiger partial charge in [0.1, 0.15) is 11.6 Å². The first-order valence-electron chi connectivity index (χ1n) is 11.1. The standard InChI is InChI=1S/C25H25F2N3O3S/c26-20-5-1-17(2-6-20)16-29-25(31)19-3-7-21(8-4-19)30-34(32,33)22-9-10-23(24(27)15-22)18-11-13-28-14-12-18/h1-2,5-6,9-15,19,21,30H,3-4,7-8,16H2,(H,29,31). The Morgan fingerprint density at radius 1 is 0.941 bits per heavy atom. The first-order valence-corrected chi connectivity index (χ1v) is 12.5. The molecule has 3 aromatic rings. The second-order valence-corrected chi connectivity index (χ2v) is 10.1. The van der Waals surface area contributed by atoms with Crippen LogP contribution in [0.1, 0.15) is 31.2 Å². The van der Waals surface area contributed by atoms with E-state index in [4.69, 9.17) is 0 Å². The van der Waals surface area contributed by atoms with Crippen molar-refractivity contribution >= 4 is 15.9 Å². The summed E-state index contributed by atoms with van der Waals surface area (Å²) in [5.74, 6) is -1.27. The number of carbonyl (C=O) groups is 1. The van der Waals surface area contributed by atoms with E-state index in [9.17, 15) is 22.0 Å². The van der Waals surface area contributed by atoms with Gasteiger partial charge in [-0.2, -0.15) is 0 Å². The molecule has 0 unspecified atom stereocenters. The van der Waals surface area contributed by atoms with Gasteiger partial charge in [0.15, 0.2) is 0 Å². The van der Waals surface area contributed by atoms with Gasteiger partial charge in [0.2, 0.25) is 15.9 Å². The Morgan fingerprint density at radius 3 is 2.26 bits per heavy atom. The van der Waals surface area contributed by atoms with E-state index in [0.717, 1.165) is 11.6 Å². The fourth-order valence-electron chi connectivity index (χ4n) is 4.13. The van der Waals surface area contributed by atoms with E-state index in [1.165, 1.54) is 24.3 Å². The average Bonchev–Trinajstić information content (AvgIpc) is 2.84. The third kappa shape index (κ3) is 5.84. The molecule has 0 radical (unpaired) electrons. The van der Waals surface area contributed by atoms with Crippen LogP contribution in [0.4, 0.5) is 8.78 Å². The minimum Gasteiger partial charge on any atom is -0.352 e. The Hall–Kier alpha value is -3.17. The summed E-state index contributed by atoms with van der Waals surface area (Å²) in [5.41, 5.74) is 1.72. The largest absolute Gasteiger partial charge is 0.352 e. The van der Waals surface area contributed by atoms with Gasteiger partial charge in [-0.05, 0) is 73.2 Å².